The molecule has 0 aliphatic carbocycles. The van der Waals surface area contributed by atoms with Gasteiger partial charge in [0, 0.05) is 23.5 Å². The number of rotatable bonds is 6. The number of fused-ring (bicyclic) bond motifs is 1. The van der Waals surface area contributed by atoms with Crippen molar-refractivity contribution in [3.8, 4) is 5.75 Å². The fourth-order valence-corrected chi connectivity index (χ4v) is 4.23. The molecule has 154 valence electrons. The zero-order valence-corrected chi connectivity index (χ0v) is 15.9. The zero-order valence-electron chi connectivity index (χ0n) is 15.0. The van der Waals surface area contributed by atoms with Gasteiger partial charge in [0.25, 0.3) is 10.0 Å². The van der Waals surface area contributed by atoms with Crippen molar-refractivity contribution in [3.63, 3.8) is 0 Å². The van der Waals surface area contributed by atoms with Gasteiger partial charge in [-0.1, -0.05) is 18.2 Å². The summed E-state index contributed by atoms with van der Waals surface area (Å²) in [4.78, 5) is 7.83. The molecule has 0 fully saturated rings. The monoisotopic (exact) mass is 434 g/mol. The minimum atomic E-state index is -4.31. The molecule has 1 N–H and O–H groups in total. The maximum atomic E-state index is 13.4. The van der Waals surface area contributed by atoms with Gasteiger partial charge in [-0.2, -0.15) is 13.8 Å². The Morgan fingerprint density at radius 3 is 2.63 bits per heavy atom. The van der Waals surface area contributed by atoms with Crippen LogP contribution in [-0.2, 0) is 10.0 Å². The Kier molecular flexibility index (Phi) is 5.04. The summed E-state index contributed by atoms with van der Waals surface area (Å²) in [5.41, 5.74) is 0.377. The molecule has 7 nitrogen and oxygen atoms in total. The highest BCUT2D eigenvalue weighted by Crippen LogP contribution is 2.29. The molecule has 2 aromatic carbocycles. The molecule has 4 rings (SSSR count). The summed E-state index contributed by atoms with van der Waals surface area (Å²) in [6.07, 6.45) is 2.62. The van der Waals surface area contributed by atoms with Crippen molar-refractivity contribution in [2.24, 2.45) is 0 Å². The second-order valence-corrected chi connectivity index (χ2v) is 7.83. The van der Waals surface area contributed by atoms with Crippen LogP contribution in [0, 0.1) is 5.82 Å². The zero-order chi connectivity index (χ0) is 21.3. The summed E-state index contributed by atoms with van der Waals surface area (Å²) in [6.45, 7) is -3.19. The molecule has 2 heterocycles. The summed E-state index contributed by atoms with van der Waals surface area (Å²) in [7, 11) is -4.31. The van der Waals surface area contributed by atoms with Gasteiger partial charge in [-0.15, -0.1) is 0 Å². The third kappa shape index (κ3) is 3.79. The van der Waals surface area contributed by atoms with Gasteiger partial charge in [-0.05, 0) is 36.4 Å². The van der Waals surface area contributed by atoms with E-state index in [0.717, 1.165) is 16.1 Å². The van der Waals surface area contributed by atoms with Crippen LogP contribution in [0.15, 0.2) is 71.9 Å². The SMILES string of the molecule is O=S(=O)(c1ccccc1OC(F)F)n1ccc2cnc(Nc3cccc(F)c3)nc21. The van der Waals surface area contributed by atoms with E-state index in [4.69, 9.17) is 0 Å². The van der Waals surface area contributed by atoms with Crippen LogP contribution in [-0.4, -0.2) is 29.0 Å². The molecule has 4 aromatic rings. The number of hydrogen-bond acceptors (Lipinski definition) is 6. The first kappa shape index (κ1) is 19.7. The van der Waals surface area contributed by atoms with Crippen LogP contribution in [0.5, 0.6) is 5.75 Å². The maximum absolute atomic E-state index is 13.4. The van der Waals surface area contributed by atoms with E-state index in [2.05, 4.69) is 20.0 Å². The van der Waals surface area contributed by atoms with E-state index in [1.54, 1.807) is 6.07 Å². The lowest BCUT2D eigenvalue weighted by Crippen LogP contribution is -2.15. The number of benzene rings is 2. The minimum Gasteiger partial charge on any atom is -0.433 e. The van der Waals surface area contributed by atoms with Crippen LogP contribution in [0.4, 0.5) is 24.8 Å². The van der Waals surface area contributed by atoms with Crippen LogP contribution in [0.2, 0.25) is 0 Å². The van der Waals surface area contributed by atoms with Crippen molar-refractivity contribution in [1.29, 1.82) is 0 Å². The largest absolute Gasteiger partial charge is 0.433 e. The number of halogens is 3. The topological polar surface area (TPSA) is 86.1 Å². The number of nitrogens with one attached hydrogen (secondary N) is 1. The van der Waals surface area contributed by atoms with Gasteiger partial charge >= 0.3 is 6.61 Å². The molecule has 0 aliphatic heterocycles. The molecule has 0 amide bonds. The molecule has 0 bridgehead atoms. The van der Waals surface area contributed by atoms with Crippen molar-refractivity contribution >= 4 is 32.7 Å². The highest BCUT2D eigenvalue weighted by molar-refractivity contribution is 7.90. The fraction of sp³-hybridized carbons (Fsp3) is 0.0526. The van der Waals surface area contributed by atoms with Gasteiger partial charge in [-0.25, -0.2) is 21.8 Å². The first-order chi connectivity index (χ1) is 14.3. The summed E-state index contributed by atoms with van der Waals surface area (Å²) < 4.78 is 70.2. The Labute approximate surface area is 168 Å². The van der Waals surface area contributed by atoms with E-state index in [1.807, 2.05) is 0 Å². The van der Waals surface area contributed by atoms with Crippen LogP contribution >= 0.6 is 0 Å². The van der Waals surface area contributed by atoms with E-state index in [0.29, 0.717) is 11.1 Å². The van der Waals surface area contributed by atoms with Crippen molar-refractivity contribution in [3.05, 3.63) is 72.8 Å². The Balaban J connectivity index is 1.78. The third-order valence-corrected chi connectivity index (χ3v) is 5.78. The quantitative estimate of drug-likeness (QED) is 0.491. The summed E-state index contributed by atoms with van der Waals surface area (Å²) in [5.74, 6) is -0.926. The van der Waals surface area contributed by atoms with Gasteiger partial charge < -0.3 is 10.1 Å². The first-order valence-corrected chi connectivity index (χ1v) is 9.95. The van der Waals surface area contributed by atoms with Gasteiger partial charge in [0.1, 0.15) is 16.5 Å². The highest BCUT2D eigenvalue weighted by atomic mass is 32.2. The molecule has 0 saturated heterocycles. The molecule has 0 radical (unpaired) electrons. The molecule has 0 spiro atoms. The summed E-state index contributed by atoms with van der Waals surface area (Å²) in [6, 6.07) is 12.1. The van der Waals surface area contributed by atoms with Crippen LogP contribution in [0.1, 0.15) is 0 Å². The lowest BCUT2D eigenvalue weighted by atomic mass is 10.3. The number of ether oxygens (including phenoxy) is 1. The Morgan fingerprint density at radius 1 is 1.07 bits per heavy atom. The number of anilines is 2. The molecule has 30 heavy (non-hydrogen) atoms. The Morgan fingerprint density at radius 2 is 1.87 bits per heavy atom. The second-order valence-electron chi connectivity index (χ2n) is 6.05. The molecule has 0 unspecified atom stereocenters. The van der Waals surface area contributed by atoms with Gasteiger partial charge in [0.05, 0.1) is 0 Å². The molecular weight excluding hydrogens is 421 g/mol. The standard InChI is InChI=1S/C19H13F3N4O3S/c20-13-4-3-5-14(10-13)24-19-23-11-12-8-9-26(17(12)25-19)30(27,28)16-7-2-1-6-15(16)29-18(21)22/h1-11,18H,(H,23,24,25). The van der Waals surface area contributed by atoms with Gasteiger partial charge in [0.2, 0.25) is 5.95 Å². The normalized spacial score (nSPS) is 11.7. The lowest BCUT2D eigenvalue weighted by molar-refractivity contribution is -0.0517. The van der Waals surface area contributed by atoms with E-state index in [9.17, 15) is 21.6 Å². The summed E-state index contributed by atoms with van der Waals surface area (Å²) in [5, 5.41) is 3.19. The first-order valence-electron chi connectivity index (χ1n) is 8.51. The molecule has 0 aliphatic rings. The Bertz CT molecular complexity index is 1330. The number of hydrogen-bond donors (Lipinski definition) is 1. The number of nitrogens with zero attached hydrogens (tertiary/aromatic N) is 3. The van der Waals surface area contributed by atoms with Crippen molar-refractivity contribution in [1.82, 2.24) is 13.9 Å². The maximum Gasteiger partial charge on any atom is 0.387 e. The van der Waals surface area contributed by atoms with Crippen molar-refractivity contribution in [2.45, 2.75) is 11.5 Å². The molecule has 0 atom stereocenters. The molecule has 11 heteroatoms. The predicted molar refractivity (Wildman–Crippen MR) is 103 cm³/mol. The average Bonchev–Trinajstić information content (AvgIpc) is 3.12. The third-order valence-electron chi connectivity index (χ3n) is 4.08. The highest BCUT2D eigenvalue weighted by Gasteiger charge is 2.25. The minimum absolute atomic E-state index is 0.00996. The van der Waals surface area contributed by atoms with E-state index < -0.39 is 33.1 Å². The van der Waals surface area contributed by atoms with Crippen LogP contribution in [0.25, 0.3) is 11.0 Å². The summed E-state index contributed by atoms with van der Waals surface area (Å²) >= 11 is 0. The second kappa shape index (κ2) is 7.67. The molecule has 2 aromatic heterocycles. The lowest BCUT2D eigenvalue weighted by Gasteiger charge is -2.12. The van der Waals surface area contributed by atoms with Crippen LogP contribution < -0.4 is 10.1 Å². The Hall–Kier alpha value is -3.60. The number of alkyl halides is 2. The predicted octanol–water partition coefficient (Wildman–Crippen LogP) is 4.15. The van der Waals surface area contributed by atoms with Gasteiger partial charge in [0.15, 0.2) is 5.65 Å². The molecular formula is C19H13F3N4O3S. The van der Waals surface area contributed by atoms with Crippen LogP contribution in [0.3, 0.4) is 0 Å². The molecule has 0 saturated carbocycles. The van der Waals surface area contributed by atoms with Crippen molar-refractivity contribution < 1.29 is 26.3 Å². The van der Waals surface area contributed by atoms with Crippen molar-refractivity contribution in [2.75, 3.05) is 5.32 Å². The fourth-order valence-electron chi connectivity index (χ4n) is 2.81. The van der Waals surface area contributed by atoms with E-state index in [-0.39, 0.29) is 11.6 Å². The van der Waals surface area contributed by atoms with Gasteiger partial charge in [-0.3, -0.25) is 0 Å². The average molecular weight is 434 g/mol. The number of para-hydroxylation sites is 1. The van der Waals surface area contributed by atoms with E-state index >= 15 is 0 Å². The number of aromatic nitrogens is 3. The smallest absolute Gasteiger partial charge is 0.387 e. The van der Waals surface area contributed by atoms with E-state index in [1.165, 1.54) is 48.8 Å².